The first-order chi connectivity index (χ1) is 10.9. The number of thiocarbonyl (C=S) groups is 1. The molecule has 2 N–H and O–H groups in total. The van der Waals surface area contributed by atoms with Gasteiger partial charge in [-0.25, -0.2) is 0 Å². The van der Waals surface area contributed by atoms with E-state index in [1.54, 1.807) is 0 Å². The molecule has 2 aromatic carbocycles. The maximum atomic E-state index is 5.77. The molecule has 0 bridgehead atoms. The number of nitrogens with one attached hydrogen (secondary N) is 2. The third-order valence-electron chi connectivity index (χ3n) is 3.54. The molecule has 0 aromatic heterocycles. The van der Waals surface area contributed by atoms with Crippen molar-refractivity contribution >= 4 is 23.0 Å². The van der Waals surface area contributed by atoms with Gasteiger partial charge in [-0.2, -0.15) is 0 Å². The van der Waals surface area contributed by atoms with Gasteiger partial charge in [0.2, 0.25) is 0 Å². The van der Waals surface area contributed by atoms with Crippen LogP contribution in [0.4, 0.5) is 5.69 Å². The van der Waals surface area contributed by atoms with Crippen LogP contribution in [-0.4, -0.2) is 17.8 Å². The quantitative estimate of drug-likeness (QED) is 0.799. The van der Waals surface area contributed by atoms with E-state index in [9.17, 15) is 0 Å². The minimum atomic E-state index is 0.112. The second-order valence-corrected chi connectivity index (χ2v) is 6.35. The molecule has 2 rings (SSSR count). The highest BCUT2D eigenvalue weighted by molar-refractivity contribution is 7.80. The summed E-state index contributed by atoms with van der Waals surface area (Å²) < 4.78 is 5.77. The van der Waals surface area contributed by atoms with Crippen molar-refractivity contribution in [1.82, 2.24) is 5.32 Å². The highest BCUT2D eigenvalue weighted by Gasteiger charge is 2.07. The van der Waals surface area contributed by atoms with Crippen LogP contribution in [0.5, 0.6) is 5.75 Å². The van der Waals surface area contributed by atoms with Gasteiger partial charge < -0.3 is 15.4 Å². The van der Waals surface area contributed by atoms with Gasteiger partial charge in [0.05, 0.1) is 6.04 Å². The zero-order valence-electron chi connectivity index (χ0n) is 14.1. The summed E-state index contributed by atoms with van der Waals surface area (Å²) in [5, 5.41) is 7.11. The molecule has 0 fully saturated rings. The van der Waals surface area contributed by atoms with Gasteiger partial charge in [0, 0.05) is 5.69 Å². The van der Waals surface area contributed by atoms with Crippen molar-refractivity contribution < 1.29 is 4.74 Å². The van der Waals surface area contributed by atoms with Crippen LogP contribution in [0.1, 0.15) is 23.6 Å². The minimum absolute atomic E-state index is 0.112. The number of anilines is 1. The van der Waals surface area contributed by atoms with E-state index in [2.05, 4.69) is 49.6 Å². The first kappa shape index (κ1) is 17.3. The minimum Gasteiger partial charge on any atom is -0.491 e. The van der Waals surface area contributed by atoms with Crippen LogP contribution in [0, 0.1) is 20.8 Å². The fourth-order valence-corrected chi connectivity index (χ4v) is 2.46. The Bertz CT molecular complexity index is 668. The van der Waals surface area contributed by atoms with Gasteiger partial charge in [-0.15, -0.1) is 0 Å². The maximum absolute atomic E-state index is 5.77. The molecule has 1 atom stereocenters. The molecule has 2 aromatic rings. The predicted octanol–water partition coefficient (Wildman–Crippen LogP) is 4.37. The molecule has 0 heterocycles. The van der Waals surface area contributed by atoms with Crippen LogP contribution in [0.3, 0.4) is 0 Å². The summed E-state index contributed by atoms with van der Waals surface area (Å²) >= 11 is 5.39. The molecular weight excluding hydrogens is 304 g/mol. The summed E-state index contributed by atoms with van der Waals surface area (Å²) in [6, 6.07) is 14.4. The van der Waals surface area contributed by atoms with Gasteiger partial charge in [0.25, 0.3) is 0 Å². The smallest absolute Gasteiger partial charge is 0.171 e. The van der Waals surface area contributed by atoms with Crippen LogP contribution in [0.2, 0.25) is 0 Å². The van der Waals surface area contributed by atoms with Crippen molar-refractivity contribution in [3.63, 3.8) is 0 Å². The highest BCUT2D eigenvalue weighted by atomic mass is 32.1. The lowest BCUT2D eigenvalue weighted by atomic mass is 10.1. The SMILES string of the molecule is Cc1ccc(OCC(C)NC(=S)Nc2cc(C)ccc2C)cc1. The lowest BCUT2D eigenvalue weighted by Gasteiger charge is -2.18. The van der Waals surface area contributed by atoms with Crippen LogP contribution in [-0.2, 0) is 0 Å². The summed E-state index contributed by atoms with van der Waals surface area (Å²) in [6.45, 7) is 8.79. The molecule has 4 heteroatoms. The Labute approximate surface area is 144 Å². The third kappa shape index (κ3) is 5.57. The van der Waals surface area contributed by atoms with Gasteiger partial charge in [-0.1, -0.05) is 29.8 Å². The van der Waals surface area contributed by atoms with Crippen molar-refractivity contribution in [3.8, 4) is 5.75 Å². The Balaban J connectivity index is 1.82. The van der Waals surface area contributed by atoms with Gasteiger partial charge >= 0.3 is 0 Å². The standard InChI is InChI=1S/C19H24N2OS/c1-13-6-9-17(10-7-13)22-12-16(4)20-19(23)21-18-11-14(2)5-8-15(18)3/h5-11,16H,12H2,1-4H3,(H2,20,21,23). The van der Waals surface area contributed by atoms with Crippen molar-refractivity contribution in [2.45, 2.75) is 33.7 Å². The number of hydrogen-bond donors (Lipinski definition) is 2. The Morgan fingerprint density at radius 3 is 2.39 bits per heavy atom. The Kier molecular flexibility index (Phi) is 5.99. The normalized spacial score (nSPS) is 11.7. The monoisotopic (exact) mass is 328 g/mol. The van der Waals surface area contributed by atoms with Gasteiger partial charge in [0.1, 0.15) is 12.4 Å². The van der Waals surface area contributed by atoms with Crippen molar-refractivity contribution in [2.24, 2.45) is 0 Å². The number of hydrogen-bond acceptors (Lipinski definition) is 2. The van der Waals surface area contributed by atoms with Gasteiger partial charge in [0.15, 0.2) is 5.11 Å². The second kappa shape index (κ2) is 7.97. The average Bonchev–Trinajstić information content (AvgIpc) is 2.50. The van der Waals surface area contributed by atoms with E-state index < -0.39 is 0 Å². The Morgan fingerprint density at radius 1 is 1.04 bits per heavy atom. The van der Waals surface area contributed by atoms with Gasteiger partial charge in [-0.05, 0) is 69.2 Å². The number of aryl methyl sites for hydroxylation is 3. The molecule has 0 amide bonds. The molecule has 0 aliphatic heterocycles. The topological polar surface area (TPSA) is 33.3 Å². The Hall–Kier alpha value is -2.07. The fraction of sp³-hybridized carbons (Fsp3) is 0.316. The summed E-state index contributed by atoms with van der Waals surface area (Å²) in [5.74, 6) is 0.873. The molecule has 122 valence electrons. The number of ether oxygens (including phenoxy) is 1. The van der Waals surface area contributed by atoms with Crippen molar-refractivity contribution in [3.05, 3.63) is 59.2 Å². The third-order valence-corrected chi connectivity index (χ3v) is 3.76. The molecule has 0 spiro atoms. The lowest BCUT2D eigenvalue weighted by molar-refractivity contribution is 0.287. The second-order valence-electron chi connectivity index (χ2n) is 5.94. The van der Waals surface area contributed by atoms with E-state index >= 15 is 0 Å². The van der Waals surface area contributed by atoms with Gasteiger partial charge in [-0.3, -0.25) is 0 Å². The van der Waals surface area contributed by atoms with E-state index in [0.717, 1.165) is 11.4 Å². The molecule has 23 heavy (non-hydrogen) atoms. The van der Waals surface area contributed by atoms with Crippen molar-refractivity contribution in [1.29, 1.82) is 0 Å². The zero-order valence-corrected chi connectivity index (χ0v) is 15.0. The van der Waals surface area contributed by atoms with Crippen molar-refractivity contribution in [2.75, 3.05) is 11.9 Å². The van der Waals surface area contributed by atoms with E-state index in [-0.39, 0.29) is 6.04 Å². The molecule has 0 aliphatic carbocycles. The lowest BCUT2D eigenvalue weighted by Crippen LogP contribution is -2.39. The molecule has 1 unspecified atom stereocenters. The summed E-state index contributed by atoms with van der Waals surface area (Å²) in [4.78, 5) is 0. The molecule has 0 saturated carbocycles. The zero-order chi connectivity index (χ0) is 16.8. The molecule has 0 saturated heterocycles. The Morgan fingerprint density at radius 2 is 1.70 bits per heavy atom. The van der Waals surface area contributed by atoms with E-state index in [4.69, 9.17) is 17.0 Å². The van der Waals surface area contributed by atoms with E-state index in [1.807, 2.05) is 31.2 Å². The van der Waals surface area contributed by atoms with Crippen LogP contribution >= 0.6 is 12.2 Å². The molecule has 3 nitrogen and oxygen atoms in total. The van der Waals surface area contributed by atoms with Crippen LogP contribution in [0.15, 0.2) is 42.5 Å². The molecular formula is C19H24N2OS. The number of benzene rings is 2. The van der Waals surface area contributed by atoms with E-state index in [1.165, 1.54) is 16.7 Å². The molecule has 0 radical (unpaired) electrons. The summed E-state index contributed by atoms with van der Waals surface area (Å²) in [7, 11) is 0. The summed E-state index contributed by atoms with van der Waals surface area (Å²) in [6.07, 6.45) is 0. The van der Waals surface area contributed by atoms with Crippen LogP contribution < -0.4 is 15.4 Å². The first-order valence-corrected chi connectivity index (χ1v) is 8.19. The summed E-state index contributed by atoms with van der Waals surface area (Å²) in [5.41, 5.74) is 4.64. The highest BCUT2D eigenvalue weighted by Crippen LogP contribution is 2.16. The number of rotatable bonds is 5. The molecule has 0 aliphatic rings. The average molecular weight is 328 g/mol. The maximum Gasteiger partial charge on any atom is 0.171 e. The first-order valence-electron chi connectivity index (χ1n) is 7.78. The van der Waals surface area contributed by atoms with Crippen LogP contribution in [0.25, 0.3) is 0 Å². The van der Waals surface area contributed by atoms with E-state index in [0.29, 0.717) is 11.7 Å². The fourth-order valence-electron chi connectivity index (χ4n) is 2.15. The predicted molar refractivity (Wildman–Crippen MR) is 101 cm³/mol. The largest absolute Gasteiger partial charge is 0.491 e.